The van der Waals surface area contributed by atoms with E-state index >= 15 is 0 Å². The first-order chi connectivity index (χ1) is 9.33. The third-order valence-corrected chi connectivity index (χ3v) is 4.43. The number of nitriles is 1. The predicted octanol–water partition coefficient (Wildman–Crippen LogP) is 5.22. The maximum absolute atomic E-state index is 8.94. The Hall–Kier alpha value is -1.29. The molecule has 0 N–H and O–H groups in total. The molecule has 0 aromatic heterocycles. The normalized spacial score (nSPS) is 22.9. The van der Waals surface area contributed by atoms with E-state index in [4.69, 9.17) is 5.26 Å². The number of rotatable bonds is 5. The van der Waals surface area contributed by atoms with Crippen LogP contribution in [0, 0.1) is 17.2 Å². The van der Waals surface area contributed by atoms with Gasteiger partial charge in [0, 0.05) is 5.92 Å². The lowest BCUT2D eigenvalue weighted by atomic mass is 9.79. The minimum atomic E-state index is 0.310. The second-order valence-corrected chi connectivity index (χ2v) is 5.88. The largest absolute Gasteiger partial charge is 0.198 e. The Balaban J connectivity index is 1.86. The van der Waals surface area contributed by atoms with Crippen molar-refractivity contribution < 1.29 is 0 Å². The van der Waals surface area contributed by atoms with Crippen LogP contribution in [-0.2, 0) is 6.42 Å². The highest BCUT2D eigenvalue weighted by Gasteiger charge is 2.21. The molecule has 0 bridgehead atoms. The molecule has 1 aromatic carbocycles. The molecule has 1 nitrogen and oxygen atoms in total. The van der Waals surface area contributed by atoms with Crippen molar-refractivity contribution in [1.29, 1.82) is 5.26 Å². The van der Waals surface area contributed by atoms with E-state index in [1.54, 1.807) is 0 Å². The van der Waals surface area contributed by atoms with Crippen LogP contribution in [0.1, 0.15) is 68.9 Å². The summed E-state index contributed by atoms with van der Waals surface area (Å²) in [6.45, 7) is 2.25. The lowest BCUT2D eigenvalue weighted by Crippen LogP contribution is -2.11. The molecule has 1 heteroatoms. The maximum atomic E-state index is 8.94. The standard InChI is InChI=1S/C18H25N/c1-2-3-4-5-15-6-10-17(11-7-15)18-12-8-16(14-19)9-13-18/h6-7,10-11,16,18H,2-5,8-9,12-13H2,1H3. The minimum absolute atomic E-state index is 0.310. The van der Waals surface area contributed by atoms with Gasteiger partial charge in [0.2, 0.25) is 0 Å². The molecule has 0 aliphatic heterocycles. The van der Waals surface area contributed by atoms with Crippen molar-refractivity contribution in [1.82, 2.24) is 0 Å². The van der Waals surface area contributed by atoms with Crippen molar-refractivity contribution >= 4 is 0 Å². The summed E-state index contributed by atoms with van der Waals surface area (Å²) < 4.78 is 0. The third kappa shape index (κ3) is 4.10. The second-order valence-electron chi connectivity index (χ2n) is 5.88. The molecule has 102 valence electrons. The molecule has 0 heterocycles. The third-order valence-electron chi connectivity index (χ3n) is 4.43. The van der Waals surface area contributed by atoms with Crippen LogP contribution >= 0.6 is 0 Å². The smallest absolute Gasteiger partial charge is 0.0655 e. The van der Waals surface area contributed by atoms with E-state index in [0.29, 0.717) is 11.8 Å². The fraction of sp³-hybridized carbons (Fsp3) is 0.611. The Labute approximate surface area is 117 Å². The van der Waals surface area contributed by atoms with Crippen LogP contribution in [0.2, 0.25) is 0 Å². The zero-order valence-corrected chi connectivity index (χ0v) is 12.1. The highest BCUT2D eigenvalue weighted by molar-refractivity contribution is 5.26. The van der Waals surface area contributed by atoms with Crippen LogP contribution in [0.3, 0.4) is 0 Å². The van der Waals surface area contributed by atoms with Gasteiger partial charge in [0.15, 0.2) is 0 Å². The van der Waals surface area contributed by atoms with E-state index in [9.17, 15) is 0 Å². The Kier molecular flexibility index (Phi) is 5.45. The van der Waals surface area contributed by atoms with Gasteiger partial charge in [-0.1, -0.05) is 44.0 Å². The van der Waals surface area contributed by atoms with Gasteiger partial charge in [-0.3, -0.25) is 0 Å². The molecule has 1 fully saturated rings. The number of hydrogen-bond acceptors (Lipinski definition) is 1. The fourth-order valence-corrected chi connectivity index (χ4v) is 3.09. The van der Waals surface area contributed by atoms with Gasteiger partial charge in [0.1, 0.15) is 0 Å². The fourth-order valence-electron chi connectivity index (χ4n) is 3.09. The van der Waals surface area contributed by atoms with E-state index in [-0.39, 0.29) is 0 Å². The van der Waals surface area contributed by atoms with Crippen molar-refractivity contribution in [3.8, 4) is 6.07 Å². The number of unbranched alkanes of at least 4 members (excludes halogenated alkanes) is 2. The topological polar surface area (TPSA) is 23.8 Å². The Morgan fingerprint density at radius 1 is 1.05 bits per heavy atom. The first-order valence-corrected chi connectivity index (χ1v) is 7.82. The van der Waals surface area contributed by atoms with Crippen molar-refractivity contribution in [3.05, 3.63) is 35.4 Å². The van der Waals surface area contributed by atoms with Crippen LogP contribution in [0.15, 0.2) is 24.3 Å². The van der Waals surface area contributed by atoms with Gasteiger partial charge in [0.25, 0.3) is 0 Å². The van der Waals surface area contributed by atoms with E-state index in [0.717, 1.165) is 12.8 Å². The molecular weight excluding hydrogens is 230 g/mol. The van der Waals surface area contributed by atoms with Crippen molar-refractivity contribution in [3.63, 3.8) is 0 Å². The Bertz CT molecular complexity index is 404. The lowest BCUT2D eigenvalue weighted by Gasteiger charge is -2.25. The van der Waals surface area contributed by atoms with Gasteiger partial charge in [0.05, 0.1) is 6.07 Å². The van der Waals surface area contributed by atoms with Crippen molar-refractivity contribution in [2.45, 2.75) is 64.2 Å². The molecule has 1 aromatic rings. The zero-order chi connectivity index (χ0) is 13.5. The molecule has 0 spiro atoms. The molecule has 0 amide bonds. The zero-order valence-electron chi connectivity index (χ0n) is 12.1. The Morgan fingerprint density at radius 2 is 1.74 bits per heavy atom. The van der Waals surface area contributed by atoms with Crippen LogP contribution in [0.25, 0.3) is 0 Å². The summed E-state index contributed by atoms with van der Waals surface area (Å²) in [4.78, 5) is 0. The molecule has 2 rings (SSSR count). The SMILES string of the molecule is CCCCCc1ccc(C2CCC(C#N)CC2)cc1. The lowest BCUT2D eigenvalue weighted by molar-refractivity contribution is 0.382. The summed E-state index contributed by atoms with van der Waals surface area (Å²) in [7, 11) is 0. The predicted molar refractivity (Wildman–Crippen MR) is 80.0 cm³/mol. The molecule has 0 saturated heterocycles. The number of hydrogen-bond donors (Lipinski definition) is 0. The van der Waals surface area contributed by atoms with Gasteiger partial charge in [-0.25, -0.2) is 0 Å². The van der Waals surface area contributed by atoms with Crippen molar-refractivity contribution in [2.24, 2.45) is 5.92 Å². The van der Waals surface area contributed by atoms with Gasteiger partial charge >= 0.3 is 0 Å². The molecule has 1 saturated carbocycles. The summed E-state index contributed by atoms with van der Waals surface area (Å²) in [6.07, 6.45) is 9.69. The summed E-state index contributed by atoms with van der Waals surface area (Å²) >= 11 is 0. The number of nitrogens with zero attached hydrogens (tertiary/aromatic N) is 1. The molecule has 19 heavy (non-hydrogen) atoms. The minimum Gasteiger partial charge on any atom is -0.198 e. The summed E-state index contributed by atoms with van der Waals surface area (Å²) in [5, 5.41) is 8.94. The van der Waals surface area contributed by atoms with Crippen LogP contribution in [0.4, 0.5) is 0 Å². The van der Waals surface area contributed by atoms with E-state index < -0.39 is 0 Å². The van der Waals surface area contributed by atoms with E-state index in [1.807, 2.05) is 0 Å². The Morgan fingerprint density at radius 3 is 2.32 bits per heavy atom. The quantitative estimate of drug-likeness (QED) is 0.662. The monoisotopic (exact) mass is 255 g/mol. The molecule has 0 atom stereocenters. The molecule has 0 radical (unpaired) electrons. The highest BCUT2D eigenvalue weighted by atomic mass is 14.3. The second kappa shape index (κ2) is 7.34. The summed E-state index contributed by atoms with van der Waals surface area (Å²) in [5.74, 6) is 0.999. The molecule has 0 unspecified atom stereocenters. The van der Waals surface area contributed by atoms with E-state index in [1.165, 1.54) is 49.7 Å². The summed E-state index contributed by atoms with van der Waals surface area (Å²) in [5.41, 5.74) is 2.96. The number of benzene rings is 1. The number of aryl methyl sites for hydroxylation is 1. The summed E-state index contributed by atoms with van der Waals surface area (Å²) in [6, 6.07) is 11.7. The average Bonchev–Trinajstić information content (AvgIpc) is 2.48. The first-order valence-electron chi connectivity index (χ1n) is 7.82. The van der Waals surface area contributed by atoms with E-state index in [2.05, 4.69) is 37.3 Å². The van der Waals surface area contributed by atoms with Crippen LogP contribution in [0.5, 0.6) is 0 Å². The molecule has 1 aliphatic rings. The van der Waals surface area contributed by atoms with Gasteiger partial charge in [-0.2, -0.15) is 5.26 Å². The van der Waals surface area contributed by atoms with Gasteiger partial charge < -0.3 is 0 Å². The first kappa shape index (κ1) is 14.1. The molecule has 1 aliphatic carbocycles. The molecular formula is C18H25N. The highest BCUT2D eigenvalue weighted by Crippen LogP contribution is 2.35. The van der Waals surface area contributed by atoms with Crippen LogP contribution < -0.4 is 0 Å². The van der Waals surface area contributed by atoms with Crippen LogP contribution in [-0.4, -0.2) is 0 Å². The maximum Gasteiger partial charge on any atom is 0.0655 e. The average molecular weight is 255 g/mol. The van der Waals surface area contributed by atoms with Crippen molar-refractivity contribution in [2.75, 3.05) is 0 Å². The van der Waals surface area contributed by atoms with Gasteiger partial charge in [-0.15, -0.1) is 0 Å². The van der Waals surface area contributed by atoms with Gasteiger partial charge in [-0.05, 0) is 55.6 Å².